The zero-order valence-electron chi connectivity index (χ0n) is 36.1. The van der Waals surface area contributed by atoms with Crippen LogP contribution in [0.2, 0.25) is 0 Å². The number of nitrogens with zero attached hydrogens (tertiary/aromatic N) is 1. The number of rotatable bonds is 6. The molecule has 2 aliphatic heterocycles. The first-order valence-electron chi connectivity index (χ1n) is 22.9. The molecule has 0 amide bonds. The molecule has 10 aromatic rings. The van der Waals surface area contributed by atoms with Gasteiger partial charge >= 0.3 is 0 Å². The van der Waals surface area contributed by atoms with Crippen LogP contribution < -0.4 is 26.4 Å². The summed E-state index contributed by atoms with van der Waals surface area (Å²) in [5.74, 6) is 0.861. The molecule has 2 heterocycles. The number of benzene rings is 10. The van der Waals surface area contributed by atoms with Crippen LogP contribution in [0.1, 0.15) is 34.6 Å². The lowest BCUT2D eigenvalue weighted by Gasteiger charge is -2.32. The Labute approximate surface area is 383 Å². The summed E-state index contributed by atoms with van der Waals surface area (Å²) in [6, 6.07) is 75.3. The van der Waals surface area contributed by atoms with Crippen molar-refractivity contribution >= 4 is 60.2 Å². The third-order valence-corrected chi connectivity index (χ3v) is 13.7. The Bertz CT molecular complexity index is 3770. The summed E-state index contributed by atoms with van der Waals surface area (Å²) >= 11 is 0. The Kier molecular flexibility index (Phi) is 9.10. The lowest BCUT2D eigenvalue weighted by molar-refractivity contribution is 0.409. The number of allylic oxidation sites excluding steroid dienone is 2. The Balaban J connectivity index is 1.02. The highest BCUT2D eigenvalue weighted by Crippen LogP contribution is 2.41. The lowest BCUT2D eigenvalue weighted by atomic mass is 9.88. The normalized spacial score (nSPS) is 17.6. The zero-order chi connectivity index (χ0) is 43.6. The molecule has 4 heteroatoms. The average molecular weight is 845 g/mol. The fourth-order valence-corrected chi connectivity index (χ4v) is 10.6. The number of fused-ring (bicyclic) bond motifs is 9. The van der Waals surface area contributed by atoms with E-state index in [1.807, 2.05) is 0 Å². The molecule has 3 N–H and O–H groups in total. The van der Waals surface area contributed by atoms with Crippen LogP contribution in [-0.4, -0.2) is 11.9 Å². The maximum Gasteiger partial charge on any atom is 0.131 e. The summed E-state index contributed by atoms with van der Waals surface area (Å²) in [7, 11) is 0. The van der Waals surface area contributed by atoms with Crippen molar-refractivity contribution in [1.82, 2.24) is 16.0 Å². The van der Waals surface area contributed by atoms with Crippen LogP contribution in [0.3, 0.4) is 0 Å². The Morgan fingerprint density at radius 2 is 0.985 bits per heavy atom. The first kappa shape index (κ1) is 38.2. The fourth-order valence-electron chi connectivity index (χ4n) is 10.6. The molecule has 0 bridgehead atoms. The zero-order valence-corrected chi connectivity index (χ0v) is 36.1. The van der Waals surface area contributed by atoms with Crippen molar-refractivity contribution in [3.05, 3.63) is 263 Å². The summed E-state index contributed by atoms with van der Waals surface area (Å²) < 4.78 is 0. The molecular weight excluding hydrogens is 801 g/mol. The second-order valence-electron chi connectivity index (χ2n) is 17.5. The van der Waals surface area contributed by atoms with Gasteiger partial charge in [0.1, 0.15) is 18.2 Å². The van der Waals surface area contributed by atoms with Crippen molar-refractivity contribution < 1.29 is 0 Å². The lowest BCUT2D eigenvalue weighted by Crippen LogP contribution is -2.45. The predicted octanol–water partition coefficient (Wildman–Crippen LogP) is 12.4. The summed E-state index contributed by atoms with van der Waals surface area (Å²) in [4.78, 5) is 5.26. The Morgan fingerprint density at radius 3 is 1.74 bits per heavy atom. The maximum atomic E-state index is 5.26. The van der Waals surface area contributed by atoms with E-state index in [2.05, 4.69) is 247 Å². The van der Waals surface area contributed by atoms with Gasteiger partial charge in [0, 0.05) is 16.3 Å². The molecule has 0 radical (unpaired) electrons. The van der Waals surface area contributed by atoms with Gasteiger partial charge in [-0.25, -0.2) is 4.99 Å². The van der Waals surface area contributed by atoms with Gasteiger partial charge < -0.3 is 10.6 Å². The number of hydrogen-bond donors (Lipinski definition) is 3. The third kappa shape index (κ3) is 6.45. The highest BCUT2D eigenvalue weighted by molar-refractivity contribution is 6.25. The van der Waals surface area contributed by atoms with E-state index in [1.165, 1.54) is 75.8 Å². The van der Waals surface area contributed by atoms with Crippen LogP contribution >= 0.6 is 0 Å². The molecule has 312 valence electrons. The standard InChI is InChI=1S/C62H44N4/c1-3-17-39(18-4-1)60-64-61(40-19-5-2-6-20-40)66-62(65-60)44-36-42(41-33-34-53-49-23-8-7-21-47(49)48-22-9-10-24-51(48)57(53)38-41)35-43(37-44)45-28-15-30-50-46(45)29-16-31-56(50)59-55-27-12-11-25-52(55)54-26-13-14-32-58(54)63-59/h1-38,58,60,62-63,65H,(H,64,66). The van der Waals surface area contributed by atoms with Crippen molar-refractivity contribution in [2.75, 3.05) is 0 Å². The molecule has 3 aliphatic rings. The number of amidine groups is 1. The molecule has 1 aliphatic carbocycles. The highest BCUT2D eigenvalue weighted by Gasteiger charge is 2.27. The summed E-state index contributed by atoms with van der Waals surface area (Å²) in [6.45, 7) is 0. The SMILES string of the molecule is C1=CC2=c3ccccc3=C(c3cccc4c(-c5cc(-c6ccc7c8ccccc8c8ccccc8c7c6)cc(C6NC(c7ccccc7)=NC(c7ccccc7)N6)c5)cccc34)NC2C=C1. The van der Waals surface area contributed by atoms with E-state index in [0.717, 1.165) is 39.3 Å². The van der Waals surface area contributed by atoms with E-state index in [9.17, 15) is 0 Å². The minimum atomic E-state index is -0.254. The molecule has 13 rings (SSSR count). The van der Waals surface area contributed by atoms with Gasteiger partial charge in [0.2, 0.25) is 0 Å². The van der Waals surface area contributed by atoms with Gasteiger partial charge in [-0.05, 0) is 112 Å². The molecule has 0 spiro atoms. The van der Waals surface area contributed by atoms with Crippen LogP contribution in [0.4, 0.5) is 0 Å². The van der Waals surface area contributed by atoms with E-state index in [1.54, 1.807) is 0 Å². The van der Waals surface area contributed by atoms with Crippen LogP contribution in [0.5, 0.6) is 0 Å². The van der Waals surface area contributed by atoms with Crippen molar-refractivity contribution in [3.63, 3.8) is 0 Å². The van der Waals surface area contributed by atoms with E-state index >= 15 is 0 Å². The van der Waals surface area contributed by atoms with Crippen molar-refractivity contribution in [1.29, 1.82) is 0 Å². The van der Waals surface area contributed by atoms with Gasteiger partial charge in [-0.1, -0.05) is 206 Å². The molecule has 10 aromatic carbocycles. The van der Waals surface area contributed by atoms with Crippen molar-refractivity contribution in [2.45, 2.75) is 18.4 Å². The van der Waals surface area contributed by atoms with Crippen LogP contribution in [-0.2, 0) is 0 Å². The molecular formula is C62H44N4. The molecule has 0 saturated heterocycles. The summed E-state index contributed by atoms with van der Waals surface area (Å²) in [5.41, 5.74) is 11.6. The van der Waals surface area contributed by atoms with Crippen molar-refractivity contribution in [2.24, 2.45) is 4.99 Å². The molecule has 3 atom stereocenters. The number of hydrogen-bond acceptors (Lipinski definition) is 4. The van der Waals surface area contributed by atoms with Gasteiger partial charge in [-0.3, -0.25) is 5.32 Å². The predicted molar refractivity (Wildman–Crippen MR) is 275 cm³/mol. The first-order chi connectivity index (χ1) is 32.7. The molecule has 0 saturated carbocycles. The van der Waals surface area contributed by atoms with Gasteiger partial charge in [0.05, 0.1) is 11.7 Å². The number of aliphatic imine (C=N–C) groups is 1. The third-order valence-electron chi connectivity index (χ3n) is 13.7. The summed E-state index contributed by atoms with van der Waals surface area (Å²) in [6.07, 6.45) is 8.28. The van der Waals surface area contributed by atoms with Gasteiger partial charge in [-0.15, -0.1) is 0 Å². The van der Waals surface area contributed by atoms with Crippen LogP contribution in [0.15, 0.2) is 236 Å². The minimum absolute atomic E-state index is 0.106. The van der Waals surface area contributed by atoms with E-state index in [4.69, 9.17) is 4.99 Å². The largest absolute Gasteiger partial charge is 0.374 e. The highest BCUT2D eigenvalue weighted by atomic mass is 15.3. The second-order valence-corrected chi connectivity index (χ2v) is 17.5. The molecule has 0 aromatic heterocycles. The molecule has 0 fully saturated rings. The van der Waals surface area contributed by atoms with E-state index in [-0.39, 0.29) is 18.4 Å². The van der Waals surface area contributed by atoms with Crippen LogP contribution in [0.25, 0.3) is 76.6 Å². The molecule has 3 unspecified atom stereocenters. The Morgan fingerprint density at radius 1 is 0.379 bits per heavy atom. The first-order valence-corrected chi connectivity index (χ1v) is 22.9. The smallest absolute Gasteiger partial charge is 0.131 e. The van der Waals surface area contributed by atoms with Gasteiger partial charge in [0.15, 0.2) is 0 Å². The fraction of sp³-hybridized carbons (Fsp3) is 0.0484. The second kappa shape index (κ2) is 15.7. The van der Waals surface area contributed by atoms with Crippen LogP contribution in [0, 0.1) is 0 Å². The van der Waals surface area contributed by atoms with E-state index < -0.39 is 0 Å². The molecule has 4 nitrogen and oxygen atoms in total. The Hall–Kier alpha value is -8.31. The van der Waals surface area contributed by atoms with Gasteiger partial charge in [0.25, 0.3) is 0 Å². The average Bonchev–Trinajstić information content (AvgIpc) is 3.40. The maximum absolute atomic E-state index is 5.26. The monoisotopic (exact) mass is 844 g/mol. The minimum Gasteiger partial charge on any atom is -0.374 e. The quantitative estimate of drug-likeness (QED) is 0.146. The van der Waals surface area contributed by atoms with Crippen molar-refractivity contribution in [3.8, 4) is 22.3 Å². The van der Waals surface area contributed by atoms with E-state index in [0.29, 0.717) is 0 Å². The summed E-state index contributed by atoms with van der Waals surface area (Å²) in [5, 5.41) is 24.2. The topological polar surface area (TPSA) is 48.5 Å². The molecule has 66 heavy (non-hydrogen) atoms. The van der Waals surface area contributed by atoms with Gasteiger partial charge in [-0.2, -0.15) is 0 Å². The number of nitrogens with one attached hydrogen (secondary N) is 3.